The zero-order valence-electron chi connectivity index (χ0n) is 16.6. The van der Waals surface area contributed by atoms with E-state index >= 15 is 0 Å². The average molecular weight is 418 g/mol. The normalized spacial score (nSPS) is 10.6. The quantitative estimate of drug-likeness (QED) is 0.501. The van der Waals surface area contributed by atoms with Crippen molar-refractivity contribution in [3.8, 4) is 17.1 Å². The van der Waals surface area contributed by atoms with Crippen LogP contribution in [0, 0.1) is 0 Å². The number of para-hydroxylation sites is 1. The maximum Gasteiger partial charge on any atom is 0.295 e. The van der Waals surface area contributed by atoms with Crippen molar-refractivity contribution in [2.45, 2.75) is 0 Å². The SMILES string of the molecule is CN(C)c1ccc(NC(=O)c2nc(-c3ccccc3)n(-c3ccccc3Cl)n2)cc1. The van der Waals surface area contributed by atoms with Crippen LogP contribution in [0.4, 0.5) is 11.4 Å². The summed E-state index contributed by atoms with van der Waals surface area (Å²) < 4.78 is 1.60. The zero-order valence-corrected chi connectivity index (χ0v) is 17.3. The minimum absolute atomic E-state index is 0.0606. The van der Waals surface area contributed by atoms with E-state index in [9.17, 15) is 4.79 Å². The predicted octanol–water partition coefficient (Wildman–Crippen LogP) is 4.91. The second-order valence-electron chi connectivity index (χ2n) is 6.88. The van der Waals surface area contributed by atoms with E-state index in [1.165, 1.54) is 0 Å². The molecular formula is C23H20ClN5O. The Balaban J connectivity index is 1.70. The Bertz CT molecular complexity index is 1170. The molecule has 7 heteroatoms. The van der Waals surface area contributed by atoms with Gasteiger partial charge in [-0.25, -0.2) is 9.67 Å². The molecule has 0 bridgehead atoms. The lowest BCUT2D eigenvalue weighted by molar-refractivity contribution is 0.101. The number of hydrogen-bond acceptors (Lipinski definition) is 4. The van der Waals surface area contributed by atoms with E-state index in [-0.39, 0.29) is 5.82 Å². The Hall–Kier alpha value is -3.64. The van der Waals surface area contributed by atoms with Crippen LogP contribution in [0.25, 0.3) is 17.1 Å². The van der Waals surface area contributed by atoms with Crippen LogP contribution in [0.5, 0.6) is 0 Å². The monoisotopic (exact) mass is 417 g/mol. The number of amides is 1. The van der Waals surface area contributed by atoms with Crippen LogP contribution in [0.15, 0.2) is 78.9 Å². The number of nitrogens with one attached hydrogen (secondary N) is 1. The van der Waals surface area contributed by atoms with Crippen molar-refractivity contribution < 1.29 is 4.79 Å². The van der Waals surface area contributed by atoms with Crippen LogP contribution < -0.4 is 10.2 Å². The van der Waals surface area contributed by atoms with Crippen molar-refractivity contribution in [1.29, 1.82) is 0 Å². The van der Waals surface area contributed by atoms with Gasteiger partial charge in [-0.1, -0.05) is 54.1 Å². The fourth-order valence-corrected chi connectivity index (χ4v) is 3.22. The van der Waals surface area contributed by atoms with Gasteiger partial charge in [0.05, 0.1) is 10.7 Å². The molecule has 0 aliphatic rings. The summed E-state index contributed by atoms with van der Waals surface area (Å²) in [6, 6.07) is 24.4. The number of hydrogen-bond donors (Lipinski definition) is 1. The van der Waals surface area contributed by atoms with Crippen molar-refractivity contribution in [1.82, 2.24) is 14.8 Å². The summed E-state index contributed by atoms with van der Waals surface area (Å²) in [5, 5.41) is 7.83. The first-order valence-corrected chi connectivity index (χ1v) is 9.77. The molecule has 4 aromatic rings. The lowest BCUT2D eigenvalue weighted by Gasteiger charge is -2.12. The highest BCUT2D eigenvalue weighted by Crippen LogP contribution is 2.26. The zero-order chi connectivity index (χ0) is 21.1. The van der Waals surface area contributed by atoms with Crippen LogP contribution in [-0.2, 0) is 0 Å². The molecule has 0 saturated carbocycles. The fraction of sp³-hybridized carbons (Fsp3) is 0.0870. The van der Waals surface area contributed by atoms with Gasteiger partial charge < -0.3 is 10.2 Å². The number of aromatic nitrogens is 3. The van der Waals surface area contributed by atoms with E-state index in [1.54, 1.807) is 10.7 Å². The molecule has 1 aromatic heterocycles. The third-order valence-electron chi connectivity index (χ3n) is 4.56. The predicted molar refractivity (Wildman–Crippen MR) is 121 cm³/mol. The molecule has 0 fully saturated rings. The highest BCUT2D eigenvalue weighted by molar-refractivity contribution is 6.32. The number of halogens is 1. The highest BCUT2D eigenvalue weighted by Gasteiger charge is 2.20. The Morgan fingerprint density at radius 1 is 0.933 bits per heavy atom. The van der Waals surface area contributed by atoms with Gasteiger partial charge in [-0.2, -0.15) is 0 Å². The standard InChI is InChI=1S/C23H20ClN5O/c1-28(2)18-14-12-17(13-15-18)25-23(30)21-26-22(16-8-4-3-5-9-16)29(27-21)20-11-7-6-10-19(20)24/h3-15H,1-2H3,(H,25,30). The third kappa shape index (κ3) is 4.04. The van der Waals surface area contributed by atoms with Crippen LogP contribution >= 0.6 is 11.6 Å². The molecule has 0 unspecified atom stereocenters. The topological polar surface area (TPSA) is 63.1 Å². The van der Waals surface area contributed by atoms with Gasteiger partial charge in [-0.15, -0.1) is 5.10 Å². The fourth-order valence-electron chi connectivity index (χ4n) is 3.00. The first kappa shape index (κ1) is 19.7. The Morgan fingerprint density at radius 2 is 1.60 bits per heavy atom. The number of rotatable bonds is 5. The minimum Gasteiger partial charge on any atom is -0.378 e. The largest absolute Gasteiger partial charge is 0.378 e. The smallest absolute Gasteiger partial charge is 0.295 e. The van der Waals surface area contributed by atoms with Gasteiger partial charge in [-0.05, 0) is 36.4 Å². The number of anilines is 2. The lowest BCUT2D eigenvalue weighted by atomic mass is 10.2. The van der Waals surface area contributed by atoms with Gasteiger partial charge in [0.15, 0.2) is 5.82 Å². The molecule has 0 aliphatic heterocycles. The molecule has 3 aromatic carbocycles. The van der Waals surface area contributed by atoms with Crippen LogP contribution in [-0.4, -0.2) is 34.8 Å². The Kier molecular flexibility index (Phi) is 5.50. The maximum atomic E-state index is 12.9. The molecule has 0 atom stereocenters. The molecule has 1 heterocycles. The molecule has 0 saturated heterocycles. The van der Waals surface area contributed by atoms with E-state index < -0.39 is 5.91 Å². The molecule has 0 spiro atoms. The van der Waals surface area contributed by atoms with Crippen molar-refractivity contribution in [3.05, 3.63) is 89.7 Å². The van der Waals surface area contributed by atoms with Crippen molar-refractivity contribution in [2.75, 3.05) is 24.3 Å². The second kappa shape index (κ2) is 8.39. The van der Waals surface area contributed by atoms with Crippen molar-refractivity contribution >= 4 is 28.9 Å². The summed E-state index contributed by atoms with van der Waals surface area (Å²) in [5.41, 5.74) is 3.20. The van der Waals surface area contributed by atoms with Crippen molar-refractivity contribution in [3.63, 3.8) is 0 Å². The molecular weight excluding hydrogens is 398 g/mol. The first-order valence-electron chi connectivity index (χ1n) is 9.39. The second-order valence-corrected chi connectivity index (χ2v) is 7.29. The average Bonchev–Trinajstić information content (AvgIpc) is 3.20. The molecule has 0 aliphatic carbocycles. The van der Waals surface area contributed by atoms with Gasteiger partial charge in [0.2, 0.25) is 5.82 Å². The van der Waals surface area contributed by atoms with Gasteiger partial charge in [-0.3, -0.25) is 4.79 Å². The van der Waals surface area contributed by atoms with Crippen LogP contribution in [0.2, 0.25) is 5.02 Å². The van der Waals surface area contributed by atoms with Crippen molar-refractivity contribution in [2.24, 2.45) is 0 Å². The van der Waals surface area contributed by atoms with Crippen LogP contribution in [0.1, 0.15) is 10.6 Å². The maximum absolute atomic E-state index is 12.9. The minimum atomic E-state index is -0.393. The molecule has 150 valence electrons. The number of benzene rings is 3. The van der Waals surface area contributed by atoms with E-state index in [2.05, 4.69) is 15.4 Å². The van der Waals surface area contributed by atoms with Gasteiger partial charge in [0, 0.05) is 31.0 Å². The van der Waals surface area contributed by atoms with Crippen LogP contribution in [0.3, 0.4) is 0 Å². The van der Waals surface area contributed by atoms with Gasteiger partial charge in [0.25, 0.3) is 5.91 Å². The molecule has 1 N–H and O–H groups in total. The number of carbonyl (C=O) groups excluding carboxylic acids is 1. The summed E-state index contributed by atoms with van der Waals surface area (Å²) in [6.07, 6.45) is 0. The molecule has 4 rings (SSSR count). The number of carbonyl (C=O) groups is 1. The highest BCUT2D eigenvalue weighted by atomic mass is 35.5. The Labute approximate surface area is 179 Å². The van der Waals surface area contributed by atoms with Gasteiger partial charge >= 0.3 is 0 Å². The summed E-state index contributed by atoms with van der Waals surface area (Å²) in [6.45, 7) is 0. The molecule has 30 heavy (non-hydrogen) atoms. The van der Waals surface area contributed by atoms with E-state index in [4.69, 9.17) is 11.6 Å². The summed E-state index contributed by atoms with van der Waals surface area (Å²) >= 11 is 6.38. The van der Waals surface area contributed by atoms with E-state index in [0.717, 1.165) is 11.3 Å². The lowest BCUT2D eigenvalue weighted by Crippen LogP contribution is -2.14. The summed E-state index contributed by atoms with van der Waals surface area (Å²) in [4.78, 5) is 19.4. The molecule has 1 amide bonds. The van der Waals surface area contributed by atoms with E-state index in [0.29, 0.717) is 22.2 Å². The van der Waals surface area contributed by atoms with E-state index in [1.807, 2.05) is 91.8 Å². The molecule has 6 nitrogen and oxygen atoms in total. The summed E-state index contributed by atoms with van der Waals surface area (Å²) in [5.74, 6) is 0.206. The first-order chi connectivity index (χ1) is 14.5. The molecule has 0 radical (unpaired) electrons. The van der Waals surface area contributed by atoms with Gasteiger partial charge in [0.1, 0.15) is 0 Å². The third-order valence-corrected chi connectivity index (χ3v) is 4.88. The summed E-state index contributed by atoms with van der Waals surface area (Å²) in [7, 11) is 3.92. The number of nitrogens with zero attached hydrogens (tertiary/aromatic N) is 4. The Morgan fingerprint density at radius 3 is 2.27 bits per heavy atom.